The highest BCUT2D eigenvalue weighted by Gasteiger charge is 2.32. The molecule has 1 amide bonds. The zero-order valence-electron chi connectivity index (χ0n) is 22.3. The van der Waals surface area contributed by atoms with Crippen LogP contribution < -0.4 is 9.75 Å². The monoisotopic (exact) mass is 580 g/mol. The molecular weight excluding hydrogens is 551 g/mol. The van der Waals surface area contributed by atoms with Gasteiger partial charge in [-0.25, -0.2) is 17.8 Å². The number of piperidine rings is 1. The number of nitrogens with zero attached hydrogens (tertiary/aromatic N) is 4. The Bertz CT molecular complexity index is 1640. The van der Waals surface area contributed by atoms with Crippen molar-refractivity contribution in [3.05, 3.63) is 83.7 Å². The summed E-state index contributed by atoms with van der Waals surface area (Å²) in [5.74, 6) is 0.341. The minimum absolute atomic E-state index is 0.138. The molecule has 40 heavy (non-hydrogen) atoms. The van der Waals surface area contributed by atoms with E-state index in [1.165, 1.54) is 58.3 Å². The lowest BCUT2D eigenvalue weighted by Gasteiger charge is -2.34. The van der Waals surface area contributed by atoms with Gasteiger partial charge in [-0.15, -0.1) is 0 Å². The number of hydrazone groups is 1. The average Bonchev–Trinajstić information content (AvgIpc) is 3.36. The van der Waals surface area contributed by atoms with Crippen LogP contribution in [0.2, 0.25) is 0 Å². The van der Waals surface area contributed by atoms with Crippen molar-refractivity contribution in [1.29, 1.82) is 0 Å². The second-order valence-electron chi connectivity index (χ2n) is 10.0. The molecule has 4 aromatic rings. The van der Waals surface area contributed by atoms with Gasteiger partial charge in [-0.3, -0.25) is 4.79 Å². The lowest BCUT2D eigenvalue weighted by Crippen LogP contribution is -2.42. The van der Waals surface area contributed by atoms with Gasteiger partial charge in [-0.2, -0.15) is 14.4 Å². The molecule has 11 heteroatoms. The van der Waals surface area contributed by atoms with Gasteiger partial charge in [0.05, 0.1) is 28.4 Å². The number of aromatic nitrogens is 1. The number of amides is 1. The van der Waals surface area contributed by atoms with Gasteiger partial charge in [0.2, 0.25) is 15.2 Å². The zero-order chi connectivity index (χ0) is 28.4. The van der Waals surface area contributed by atoms with E-state index < -0.39 is 15.9 Å². The first-order valence-corrected chi connectivity index (χ1v) is 15.1. The number of sulfonamides is 1. The van der Waals surface area contributed by atoms with Crippen molar-refractivity contribution >= 4 is 48.8 Å². The van der Waals surface area contributed by atoms with Crippen LogP contribution in [0.5, 0.6) is 5.75 Å². The van der Waals surface area contributed by atoms with Crippen molar-refractivity contribution in [3.8, 4) is 5.75 Å². The zero-order valence-corrected chi connectivity index (χ0v) is 24.0. The summed E-state index contributed by atoms with van der Waals surface area (Å²) in [5.41, 5.74) is 1.50. The van der Waals surface area contributed by atoms with Crippen LogP contribution in [0.3, 0.4) is 0 Å². The van der Waals surface area contributed by atoms with Crippen molar-refractivity contribution < 1.29 is 22.3 Å². The summed E-state index contributed by atoms with van der Waals surface area (Å²) >= 11 is 1.26. The van der Waals surface area contributed by atoms with Crippen molar-refractivity contribution in [3.63, 3.8) is 0 Å². The highest BCUT2D eigenvalue weighted by molar-refractivity contribution is 7.89. The standard InChI is InChI=1S/C29H29FN4O4S2/c1-19-14-20(2)18-33(17-19)40(36,37)25-11-6-22(7-12-25)28(35)34(31-16-21-4-8-23(30)9-5-21)29-32-26-13-10-24(38-3)15-27(26)39-29/h4-13,15-16,19-20H,14,17-18H2,1-3H3/b31-16+. The predicted molar refractivity (Wildman–Crippen MR) is 155 cm³/mol. The van der Waals surface area contributed by atoms with Gasteiger partial charge in [-0.05, 0) is 78.4 Å². The van der Waals surface area contributed by atoms with Crippen LogP contribution in [-0.4, -0.2) is 50.0 Å². The SMILES string of the molecule is COc1ccc2nc(N(/N=C/c3ccc(F)cc3)C(=O)c3ccc(S(=O)(=O)N4CC(C)CC(C)C4)cc3)sc2c1. The summed E-state index contributed by atoms with van der Waals surface area (Å²) < 4.78 is 47.6. The maximum atomic E-state index is 13.7. The van der Waals surface area contributed by atoms with E-state index in [1.54, 1.807) is 31.4 Å². The fourth-order valence-electron chi connectivity index (χ4n) is 4.82. The third-order valence-corrected chi connectivity index (χ3v) is 9.56. The minimum atomic E-state index is -3.69. The largest absolute Gasteiger partial charge is 0.497 e. The van der Waals surface area contributed by atoms with Crippen LogP contribution in [-0.2, 0) is 10.0 Å². The molecule has 0 N–H and O–H groups in total. The number of benzene rings is 3. The summed E-state index contributed by atoms with van der Waals surface area (Å²) in [5, 5.41) is 5.88. The quantitative estimate of drug-likeness (QED) is 0.204. The molecule has 0 bridgehead atoms. The normalized spacial score (nSPS) is 18.3. The van der Waals surface area contributed by atoms with Crippen LogP contribution >= 0.6 is 11.3 Å². The van der Waals surface area contributed by atoms with E-state index in [0.717, 1.165) is 16.1 Å². The van der Waals surface area contributed by atoms with Gasteiger partial charge in [-0.1, -0.05) is 37.3 Å². The third-order valence-electron chi connectivity index (χ3n) is 6.72. The molecule has 208 valence electrons. The summed E-state index contributed by atoms with van der Waals surface area (Å²) in [7, 11) is -2.12. The minimum Gasteiger partial charge on any atom is -0.497 e. The van der Waals surface area contributed by atoms with Gasteiger partial charge in [0.1, 0.15) is 11.6 Å². The second-order valence-corrected chi connectivity index (χ2v) is 13.0. The first-order valence-electron chi connectivity index (χ1n) is 12.8. The summed E-state index contributed by atoms with van der Waals surface area (Å²) in [6.45, 7) is 5.06. The smallest absolute Gasteiger partial charge is 0.280 e. The Morgan fingerprint density at radius 2 is 1.75 bits per heavy atom. The molecule has 1 aliphatic rings. The molecule has 2 unspecified atom stereocenters. The van der Waals surface area contributed by atoms with Crippen LogP contribution in [0, 0.1) is 17.7 Å². The second kappa shape index (κ2) is 11.4. The van der Waals surface area contributed by atoms with E-state index in [1.807, 2.05) is 6.07 Å². The molecule has 8 nitrogen and oxygen atoms in total. The van der Waals surface area contributed by atoms with Gasteiger partial charge in [0.25, 0.3) is 5.91 Å². The number of methoxy groups -OCH3 is 1. The lowest BCUT2D eigenvalue weighted by molar-refractivity contribution is 0.0987. The Morgan fingerprint density at radius 3 is 2.40 bits per heavy atom. The van der Waals surface area contributed by atoms with E-state index in [2.05, 4.69) is 23.9 Å². The summed E-state index contributed by atoms with van der Waals surface area (Å²) in [6.07, 6.45) is 2.44. The van der Waals surface area contributed by atoms with Gasteiger partial charge < -0.3 is 4.74 Å². The molecule has 1 saturated heterocycles. The van der Waals surface area contributed by atoms with Crippen LogP contribution in [0.25, 0.3) is 10.2 Å². The number of carbonyl (C=O) groups excluding carboxylic acids is 1. The number of rotatable bonds is 7. The number of carbonyl (C=O) groups is 1. The highest BCUT2D eigenvalue weighted by Crippen LogP contribution is 2.33. The van der Waals surface area contributed by atoms with E-state index >= 15 is 0 Å². The molecule has 1 aromatic heterocycles. The van der Waals surface area contributed by atoms with E-state index in [4.69, 9.17) is 4.74 Å². The number of halogens is 1. The Kier molecular flexibility index (Phi) is 7.97. The molecular formula is C29H29FN4O4S2. The number of hydrogen-bond acceptors (Lipinski definition) is 7. The maximum Gasteiger partial charge on any atom is 0.280 e. The molecule has 2 atom stereocenters. The molecule has 5 rings (SSSR count). The Morgan fingerprint density at radius 1 is 1.07 bits per heavy atom. The van der Waals surface area contributed by atoms with Crippen LogP contribution in [0.1, 0.15) is 36.2 Å². The number of fused-ring (bicyclic) bond motifs is 1. The van der Waals surface area contributed by atoms with Gasteiger partial charge in [0, 0.05) is 18.7 Å². The van der Waals surface area contributed by atoms with E-state index in [-0.39, 0.29) is 28.1 Å². The van der Waals surface area contributed by atoms with Crippen molar-refractivity contribution in [1.82, 2.24) is 9.29 Å². The Hall–Kier alpha value is -3.67. The molecule has 3 aromatic carbocycles. The van der Waals surface area contributed by atoms with Crippen molar-refractivity contribution in [2.24, 2.45) is 16.9 Å². The van der Waals surface area contributed by atoms with Gasteiger partial charge in [0.15, 0.2) is 0 Å². The van der Waals surface area contributed by atoms with E-state index in [9.17, 15) is 17.6 Å². The Labute approximate surface area is 236 Å². The predicted octanol–water partition coefficient (Wildman–Crippen LogP) is 5.79. The average molecular weight is 581 g/mol. The van der Waals surface area contributed by atoms with Gasteiger partial charge >= 0.3 is 0 Å². The van der Waals surface area contributed by atoms with E-state index in [0.29, 0.717) is 35.1 Å². The van der Waals surface area contributed by atoms with Crippen LogP contribution in [0.15, 0.2) is 76.7 Å². The lowest BCUT2D eigenvalue weighted by atomic mass is 9.94. The number of anilines is 1. The molecule has 0 aliphatic carbocycles. The first kappa shape index (κ1) is 27.9. The summed E-state index contributed by atoms with van der Waals surface area (Å²) in [4.78, 5) is 18.4. The number of hydrogen-bond donors (Lipinski definition) is 0. The van der Waals surface area contributed by atoms with Crippen molar-refractivity contribution in [2.75, 3.05) is 25.2 Å². The van der Waals surface area contributed by atoms with Crippen LogP contribution in [0.4, 0.5) is 9.52 Å². The highest BCUT2D eigenvalue weighted by atomic mass is 32.2. The molecule has 1 aliphatic heterocycles. The molecule has 2 heterocycles. The molecule has 0 saturated carbocycles. The Balaban J connectivity index is 1.47. The first-order chi connectivity index (χ1) is 19.1. The molecule has 0 spiro atoms. The maximum absolute atomic E-state index is 13.7. The topological polar surface area (TPSA) is 92.2 Å². The molecule has 0 radical (unpaired) electrons. The number of thiazole rings is 1. The van der Waals surface area contributed by atoms with Crippen molar-refractivity contribution in [2.45, 2.75) is 25.2 Å². The third kappa shape index (κ3) is 5.91. The molecule has 1 fully saturated rings. The fourth-order valence-corrected chi connectivity index (χ4v) is 7.45. The summed E-state index contributed by atoms with van der Waals surface area (Å²) in [6, 6.07) is 17.0. The number of ether oxygens (including phenoxy) is 1. The fraction of sp³-hybridized carbons (Fsp3) is 0.276.